The van der Waals surface area contributed by atoms with Crippen LogP contribution >= 0.6 is 0 Å². The summed E-state index contributed by atoms with van der Waals surface area (Å²) in [7, 11) is 0. The molecule has 5 N–H and O–H groups in total. The number of aliphatic hydroxyl groups excluding tert-OH is 1. The van der Waals surface area contributed by atoms with Gasteiger partial charge in [0, 0.05) is 6.42 Å². The van der Waals surface area contributed by atoms with Crippen LogP contribution in [0.1, 0.15) is 19.3 Å². The maximum absolute atomic E-state index is 10.2. The molecule has 0 aliphatic heterocycles. The van der Waals surface area contributed by atoms with Crippen molar-refractivity contribution in [1.82, 2.24) is 0 Å². The first-order chi connectivity index (χ1) is 5.04. The molecule has 0 bridgehead atoms. The van der Waals surface area contributed by atoms with E-state index in [4.69, 9.17) is 16.6 Å². The number of hydrogen-bond acceptors (Lipinski definition) is 3. The molecule has 1 atom stereocenters. The third kappa shape index (κ3) is 5.35. The first-order valence-electron chi connectivity index (χ1n) is 3.29. The Morgan fingerprint density at radius 3 is 2.27 bits per heavy atom. The van der Waals surface area contributed by atoms with Gasteiger partial charge < -0.3 is 16.6 Å². The van der Waals surface area contributed by atoms with E-state index in [-0.39, 0.29) is 12.8 Å². The van der Waals surface area contributed by atoms with Crippen molar-refractivity contribution in [3.8, 4) is 0 Å². The molecule has 5 nitrogen and oxygen atoms in total. The highest BCUT2D eigenvalue weighted by Crippen LogP contribution is 1.98. The van der Waals surface area contributed by atoms with Gasteiger partial charge in [0.2, 0.25) is 11.8 Å². The van der Waals surface area contributed by atoms with E-state index in [1.807, 2.05) is 0 Å². The molecule has 0 rings (SSSR count). The molecule has 64 valence electrons. The Morgan fingerprint density at radius 1 is 1.36 bits per heavy atom. The van der Waals surface area contributed by atoms with Crippen molar-refractivity contribution in [1.29, 1.82) is 0 Å². The van der Waals surface area contributed by atoms with Crippen LogP contribution in [0.2, 0.25) is 0 Å². The topological polar surface area (TPSA) is 106 Å². The van der Waals surface area contributed by atoms with Gasteiger partial charge in [0.1, 0.15) is 6.10 Å². The number of aliphatic hydroxyl groups is 1. The number of amides is 2. The van der Waals surface area contributed by atoms with Crippen molar-refractivity contribution in [2.24, 2.45) is 11.5 Å². The lowest BCUT2D eigenvalue weighted by atomic mass is 10.1. The fourth-order valence-electron chi connectivity index (χ4n) is 0.612. The first kappa shape index (κ1) is 9.90. The van der Waals surface area contributed by atoms with Crippen LogP contribution < -0.4 is 11.5 Å². The molecule has 0 radical (unpaired) electrons. The molecule has 0 aliphatic rings. The molecular formula is C6H12N2O3. The van der Waals surface area contributed by atoms with Crippen molar-refractivity contribution in [2.45, 2.75) is 25.4 Å². The largest absolute Gasteiger partial charge is 0.383 e. The monoisotopic (exact) mass is 160 g/mol. The minimum Gasteiger partial charge on any atom is -0.383 e. The standard InChI is InChI=1S/C6H12N2O3/c7-5(10)3-1-2-4(9)6(8)11/h4,9H,1-3H2,(H2,7,10)(H2,8,11)/t4-/m1/s1. The summed E-state index contributed by atoms with van der Waals surface area (Å²) in [4.78, 5) is 20.4. The molecule has 0 spiro atoms. The summed E-state index contributed by atoms with van der Waals surface area (Å²) in [6.07, 6.45) is -0.406. The number of primary amides is 2. The Morgan fingerprint density at radius 2 is 1.91 bits per heavy atom. The van der Waals surface area contributed by atoms with Crippen molar-refractivity contribution in [3.05, 3.63) is 0 Å². The van der Waals surface area contributed by atoms with E-state index < -0.39 is 17.9 Å². The Bertz CT molecular complexity index is 158. The Kier molecular flexibility index (Phi) is 4.21. The lowest BCUT2D eigenvalue weighted by Crippen LogP contribution is -2.28. The van der Waals surface area contributed by atoms with E-state index in [1.165, 1.54) is 0 Å². The fraction of sp³-hybridized carbons (Fsp3) is 0.667. The van der Waals surface area contributed by atoms with E-state index in [0.29, 0.717) is 6.42 Å². The van der Waals surface area contributed by atoms with E-state index in [9.17, 15) is 9.59 Å². The summed E-state index contributed by atoms with van der Waals surface area (Å²) >= 11 is 0. The minimum atomic E-state index is -1.16. The number of hydrogen-bond donors (Lipinski definition) is 3. The van der Waals surface area contributed by atoms with E-state index >= 15 is 0 Å². The summed E-state index contributed by atoms with van der Waals surface area (Å²) in [5.41, 5.74) is 9.57. The van der Waals surface area contributed by atoms with Gasteiger partial charge in [-0.15, -0.1) is 0 Å². The second-order valence-corrected chi connectivity index (χ2v) is 2.28. The zero-order chi connectivity index (χ0) is 8.85. The molecular weight excluding hydrogens is 148 g/mol. The smallest absolute Gasteiger partial charge is 0.246 e. The Labute approximate surface area is 64.4 Å². The van der Waals surface area contributed by atoms with Gasteiger partial charge in [-0.25, -0.2) is 0 Å². The molecule has 11 heavy (non-hydrogen) atoms. The molecule has 0 aromatic carbocycles. The van der Waals surface area contributed by atoms with Crippen LogP contribution in [0.15, 0.2) is 0 Å². The zero-order valence-electron chi connectivity index (χ0n) is 6.12. The molecule has 2 amide bonds. The highest BCUT2D eigenvalue weighted by atomic mass is 16.3. The van der Waals surface area contributed by atoms with Gasteiger partial charge in [-0.1, -0.05) is 0 Å². The van der Waals surface area contributed by atoms with Gasteiger partial charge in [0.15, 0.2) is 0 Å². The summed E-state index contributed by atoms with van der Waals surface area (Å²) in [6.45, 7) is 0. The van der Waals surface area contributed by atoms with Crippen LogP contribution in [0, 0.1) is 0 Å². The number of rotatable bonds is 5. The predicted molar refractivity (Wildman–Crippen MR) is 38.2 cm³/mol. The summed E-state index contributed by atoms with van der Waals surface area (Å²) in [5.74, 6) is -1.21. The van der Waals surface area contributed by atoms with Crippen molar-refractivity contribution >= 4 is 11.8 Å². The molecule has 0 aromatic rings. The Hall–Kier alpha value is -1.10. The molecule has 0 saturated heterocycles. The SMILES string of the molecule is NC(=O)CCC[C@@H](O)C(N)=O. The minimum absolute atomic E-state index is 0.171. The average molecular weight is 160 g/mol. The normalized spacial score (nSPS) is 12.5. The highest BCUT2D eigenvalue weighted by molar-refractivity contribution is 5.78. The third-order valence-electron chi connectivity index (χ3n) is 1.23. The quantitative estimate of drug-likeness (QED) is 0.455. The maximum atomic E-state index is 10.2. The lowest BCUT2D eigenvalue weighted by molar-refractivity contribution is -0.126. The van der Waals surface area contributed by atoms with Crippen LogP contribution in [-0.4, -0.2) is 23.0 Å². The van der Waals surface area contributed by atoms with Crippen LogP contribution in [0.4, 0.5) is 0 Å². The molecule has 5 heteroatoms. The number of carbonyl (C=O) groups is 2. The molecule has 0 unspecified atom stereocenters. The molecule has 0 aliphatic carbocycles. The number of carbonyl (C=O) groups excluding carboxylic acids is 2. The van der Waals surface area contributed by atoms with Crippen molar-refractivity contribution < 1.29 is 14.7 Å². The second-order valence-electron chi connectivity index (χ2n) is 2.28. The van der Waals surface area contributed by atoms with Gasteiger partial charge in [0.25, 0.3) is 0 Å². The van der Waals surface area contributed by atoms with E-state index in [0.717, 1.165) is 0 Å². The van der Waals surface area contributed by atoms with Gasteiger partial charge in [-0.05, 0) is 12.8 Å². The van der Waals surface area contributed by atoms with Crippen molar-refractivity contribution in [2.75, 3.05) is 0 Å². The molecule has 0 heterocycles. The van der Waals surface area contributed by atoms with Gasteiger partial charge >= 0.3 is 0 Å². The third-order valence-corrected chi connectivity index (χ3v) is 1.23. The first-order valence-corrected chi connectivity index (χ1v) is 3.29. The van der Waals surface area contributed by atoms with Gasteiger partial charge in [-0.3, -0.25) is 9.59 Å². The average Bonchev–Trinajstić information content (AvgIpc) is 1.86. The van der Waals surface area contributed by atoms with Crippen molar-refractivity contribution in [3.63, 3.8) is 0 Å². The highest BCUT2D eigenvalue weighted by Gasteiger charge is 2.09. The molecule has 0 fully saturated rings. The van der Waals surface area contributed by atoms with Gasteiger partial charge in [-0.2, -0.15) is 0 Å². The maximum Gasteiger partial charge on any atom is 0.246 e. The van der Waals surface area contributed by atoms with Gasteiger partial charge in [0.05, 0.1) is 0 Å². The van der Waals surface area contributed by atoms with Crippen LogP contribution in [0.5, 0.6) is 0 Å². The molecule has 0 saturated carbocycles. The zero-order valence-corrected chi connectivity index (χ0v) is 6.12. The molecule has 0 aromatic heterocycles. The van der Waals surface area contributed by atoms with Crippen LogP contribution in [0.25, 0.3) is 0 Å². The van der Waals surface area contributed by atoms with Crippen LogP contribution in [-0.2, 0) is 9.59 Å². The van der Waals surface area contributed by atoms with E-state index in [1.54, 1.807) is 0 Å². The van der Waals surface area contributed by atoms with E-state index in [2.05, 4.69) is 0 Å². The number of nitrogens with two attached hydrogens (primary N) is 2. The summed E-state index contributed by atoms with van der Waals surface area (Å²) in [5, 5.41) is 8.81. The fourth-order valence-corrected chi connectivity index (χ4v) is 0.612. The van der Waals surface area contributed by atoms with Crippen LogP contribution in [0.3, 0.4) is 0 Å². The second kappa shape index (κ2) is 4.68. The lowest BCUT2D eigenvalue weighted by Gasteiger charge is -2.03. The summed E-state index contributed by atoms with van der Waals surface area (Å²) < 4.78 is 0. The Balaban J connectivity index is 3.39. The predicted octanol–water partition coefficient (Wildman–Crippen LogP) is -1.51. The summed E-state index contributed by atoms with van der Waals surface area (Å²) in [6, 6.07) is 0.